The summed E-state index contributed by atoms with van der Waals surface area (Å²) in [7, 11) is 0. The number of fused-ring (bicyclic) bond motifs is 7. The standard InChI is InChI=1S/C48H39N3O.C2H4/c1-6-17-32(18-7-2)45-49-46(33-21-11-10-12-22-33)51-47(50-45)35-27-28-38-37-24-14-16-26-40(37)48(41(38)30-35)39-25-15-13-23-34(39)29-42(48)44-36(19-8-3)31(5)52-43(44)20-9-4;1-2/h6-30H,1H2,2-5H3;1-2H2/b18-7-,19-8-,20-9-,32-17+;. The van der Waals surface area contributed by atoms with Gasteiger partial charge in [0.15, 0.2) is 17.5 Å². The van der Waals surface area contributed by atoms with Crippen molar-refractivity contribution in [2.45, 2.75) is 33.1 Å². The van der Waals surface area contributed by atoms with Gasteiger partial charge in [0.2, 0.25) is 0 Å². The van der Waals surface area contributed by atoms with E-state index in [0.717, 1.165) is 39.3 Å². The second kappa shape index (κ2) is 15.1. The van der Waals surface area contributed by atoms with Gasteiger partial charge in [0.05, 0.1) is 5.41 Å². The summed E-state index contributed by atoms with van der Waals surface area (Å²) in [6.45, 7) is 18.1. The zero-order valence-corrected chi connectivity index (χ0v) is 31.3. The number of benzene rings is 4. The molecule has 0 bridgehead atoms. The summed E-state index contributed by atoms with van der Waals surface area (Å²) >= 11 is 0. The fourth-order valence-corrected chi connectivity index (χ4v) is 7.99. The lowest BCUT2D eigenvalue weighted by atomic mass is 9.67. The van der Waals surface area contributed by atoms with Crippen LogP contribution in [-0.2, 0) is 5.41 Å². The molecule has 264 valence electrons. The van der Waals surface area contributed by atoms with Crippen molar-refractivity contribution in [1.29, 1.82) is 0 Å². The van der Waals surface area contributed by atoms with Crippen LogP contribution < -0.4 is 0 Å². The van der Waals surface area contributed by atoms with Gasteiger partial charge in [-0.15, -0.1) is 13.2 Å². The molecule has 1 atom stereocenters. The summed E-state index contributed by atoms with van der Waals surface area (Å²) in [5.74, 6) is 3.56. The summed E-state index contributed by atoms with van der Waals surface area (Å²) in [6, 6.07) is 34.4. The van der Waals surface area contributed by atoms with Gasteiger partial charge in [-0.25, -0.2) is 15.0 Å². The van der Waals surface area contributed by atoms with E-state index < -0.39 is 5.41 Å². The Kier molecular flexibility index (Phi) is 10.0. The molecular weight excluding hydrogens is 659 g/mol. The van der Waals surface area contributed by atoms with Gasteiger partial charge in [-0.2, -0.15) is 0 Å². The smallest absolute Gasteiger partial charge is 0.164 e. The minimum atomic E-state index is -0.613. The Hall–Kier alpha value is -6.65. The van der Waals surface area contributed by atoms with E-state index in [4.69, 9.17) is 19.4 Å². The quantitative estimate of drug-likeness (QED) is 0.117. The lowest BCUT2D eigenvalue weighted by Crippen LogP contribution is -2.27. The minimum Gasteiger partial charge on any atom is -0.461 e. The molecule has 54 heavy (non-hydrogen) atoms. The van der Waals surface area contributed by atoms with Gasteiger partial charge >= 0.3 is 0 Å². The monoisotopic (exact) mass is 701 g/mol. The number of nitrogens with zero attached hydrogens (tertiary/aromatic N) is 3. The molecule has 0 N–H and O–H groups in total. The molecule has 0 saturated heterocycles. The number of hydrogen-bond donors (Lipinski definition) is 0. The predicted octanol–water partition coefficient (Wildman–Crippen LogP) is 13.0. The average Bonchev–Trinajstić information content (AvgIpc) is 3.83. The number of furan rings is 1. The third-order valence-corrected chi connectivity index (χ3v) is 10.0. The van der Waals surface area contributed by atoms with E-state index in [0.29, 0.717) is 17.5 Å². The first kappa shape index (κ1) is 35.7. The first-order valence-electron chi connectivity index (χ1n) is 18.3. The summed E-state index contributed by atoms with van der Waals surface area (Å²) in [5, 5.41) is 0. The van der Waals surface area contributed by atoms with Gasteiger partial charge in [-0.05, 0) is 84.9 Å². The van der Waals surface area contributed by atoms with Crippen LogP contribution in [0.1, 0.15) is 71.5 Å². The first-order valence-corrected chi connectivity index (χ1v) is 18.3. The van der Waals surface area contributed by atoms with E-state index in [1.807, 2.05) is 62.4 Å². The van der Waals surface area contributed by atoms with Crippen molar-refractivity contribution in [2.24, 2.45) is 0 Å². The van der Waals surface area contributed by atoms with Crippen molar-refractivity contribution in [3.05, 3.63) is 204 Å². The molecule has 0 fully saturated rings. The number of hydrogen-bond acceptors (Lipinski definition) is 4. The van der Waals surface area contributed by atoms with Crippen LogP contribution in [0.5, 0.6) is 0 Å². The summed E-state index contributed by atoms with van der Waals surface area (Å²) in [5.41, 5.74) is 12.8. The Morgan fingerprint density at radius 3 is 2.07 bits per heavy atom. The molecule has 4 nitrogen and oxygen atoms in total. The average molecular weight is 702 g/mol. The van der Waals surface area contributed by atoms with Gasteiger partial charge in [0.1, 0.15) is 11.5 Å². The molecule has 2 aliphatic rings. The summed E-state index contributed by atoms with van der Waals surface area (Å²) < 4.78 is 6.53. The van der Waals surface area contributed by atoms with Crippen LogP contribution in [0.4, 0.5) is 0 Å². The zero-order chi connectivity index (χ0) is 37.8. The van der Waals surface area contributed by atoms with Gasteiger partial charge in [-0.1, -0.05) is 140 Å². The van der Waals surface area contributed by atoms with Gasteiger partial charge in [0.25, 0.3) is 0 Å². The number of aromatic nitrogens is 3. The lowest BCUT2D eigenvalue weighted by Gasteiger charge is -2.33. The highest BCUT2D eigenvalue weighted by Crippen LogP contribution is 2.63. The van der Waals surface area contributed by atoms with Crippen LogP contribution in [0.3, 0.4) is 0 Å². The van der Waals surface area contributed by atoms with Crippen LogP contribution in [0.15, 0.2) is 158 Å². The van der Waals surface area contributed by atoms with Crippen LogP contribution in [0, 0.1) is 6.92 Å². The molecule has 4 aromatic carbocycles. The molecule has 8 rings (SSSR count). The van der Waals surface area contributed by atoms with E-state index in [1.54, 1.807) is 6.08 Å². The maximum atomic E-state index is 6.53. The summed E-state index contributed by atoms with van der Waals surface area (Å²) in [4.78, 5) is 15.2. The van der Waals surface area contributed by atoms with Gasteiger partial charge in [0, 0.05) is 27.8 Å². The third-order valence-electron chi connectivity index (χ3n) is 10.0. The second-order valence-corrected chi connectivity index (χ2v) is 13.0. The predicted molar refractivity (Wildman–Crippen MR) is 227 cm³/mol. The zero-order valence-electron chi connectivity index (χ0n) is 31.3. The number of allylic oxidation sites excluding steroid dienone is 8. The largest absolute Gasteiger partial charge is 0.461 e. The first-order chi connectivity index (χ1) is 26.5. The van der Waals surface area contributed by atoms with Crippen LogP contribution in [0.2, 0.25) is 0 Å². The molecule has 6 aromatic rings. The van der Waals surface area contributed by atoms with E-state index >= 15 is 0 Å². The number of aryl methyl sites for hydroxylation is 1. The van der Waals surface area contributed by atoms with Crippen molar-refractivity contribution in [2.75, 3.05) is 0 Å². The van der Waals surface area contributed by atoms with Crippen molar-refractivity contribution >= 4 is 29.4 Å². The topological polar surface area (TPSA) is 51.8 Å². The molecule has 0 saturated carbocycles. The highest BCUT2D eigenvalue weighted by molar-refractivity contribution is 6.07. The van der Waals surface area contributed by atoms with Crippen molar-refractivity contribution in [3.8, 4) is 33.9 Å². The van der Waals surface area contributed by atoms with E-state index in [2.05, 4.69) is 131 Å². The fourth-order valence-electron chi connectivity index (χ4n) is 7.99. The highest BCUT2D eigenvalue weighted by atomic mass is 16.3. The Labute approximate surface area is 318 Å². The van der Waals surface area contributed by atoms with E-state index in [-0.39, 0.29) is 0 Å². The molecule has 0 radical (unpaired) electrons. The fraction of sp³-hybridized carbons (Fsp3) is 0.100. The minimum absolute atomic E-state index is 0.591. The van der Waals surface area contributed by atoms with Crippen molar-refractivity contribution in [1.82, 2.24) is 15.0 Å². The number of rotatable bonds is 8. The molecule has 2 aromatic heterocycles. The van der Waals surface area contributed by atoms with Crippen LogP contribution in [-0.4, -0.2) is 15.0 Å². The maximum Gasteiger partial charge on any atom is 0.164 e. The van der Waals surface area contributed by atoms with Crippen molar-refractivity contribution in [3.63, 3.8) is 0 Å². The highest BCUT2D eigenvalue weighted by Gasteiger charge is 2.52. The third kappa shape index (κ3) is 5.77. The Morgan fingerprint density at radius 1 is 0.685 bits per heavy atom. The normalized spacial score (nSPS) is 15.7. The Bertz CT molecular complexity index is 2540. The molecule has 2 heterocycles. The van der Waals surface area contributed by atoms with Gasteiger partial charge in [-0.3, -0.25) is 0 Å². The molecule has 1 spiro atoms. The molecule has 1 unspecified atom stereocenters. The van der Waals surface area contributed by atoms with Gasteiger partial charge < -0.3 is 4.42 Å². The van der Waals surface area contributed by atoms with Crippen LogP contribution in [0.25, 0.3) is 63.3 Å². The molecule has 4 heteroatoms. The van der Waals surface area contributed by atoms with E-state index in [9.17, 15) is 0 Å². The van der Waals surface area contributed by atoms with Crippen molar-refractivity contribution < 1.29 is 4.42 Å². The second-order valence-electron chi connectivity index (χ2n) is 13.0. The van der Waals surface area contributed by atoms with Crippen LogP contribution >= 0.6 is 0 Å². The molecular formula is C50H43N3O. The molecule has 0 aliphatic heterocycles. The SMILES string of the molecule is C=C.C=C/C=C(\C=C/C)c1nc(-c2ccccc2)nc(-c2ccc3c(c2)C2(C(c4c(/C=C\C)oc(C)c4/C=C\C)=Cc4ccccc42)c2ccccc2-3)n1. The molecule has 2 aliphatic carbocycles. The molecule has 0 amide bonds. The lowest BCUT2D eigenvalue weighted by molar-refractivity contribution is 0.523. The maximum absolute atomic E-state index is 6.53. The van der Waals surface area contributed by atoms with E-state index in [1.165, 1.54) is 39.0 Å². The Balaban J connectivity index is 0.00000221. The summed E-state index contributed by atoms with van der Waals surface area (Å²) in [6.07, 6.45) is 18.5. The Morgan fingerprint density at radius 2 is 1.35 bits per heavy atom.